The van der Waals surface area contributed by atoms with Crippen molar-refractivity contribution in [2.24, 2.45) is 0 Å². The molecular weight excluding hydrogens is 250 g/mol. The predicted molar refractivity (Wildman–Crippen MR) is 72.6 cm³/mol. The van der Waals surface area contributed by atoms with Crippen LogP contribution in [0.3, 0.4) is 0 Å². The summed E-state index contributed by atoms with van der Waals surface area (Å²) in [4.78, 5) is 25.9. The molecule has 0 saturated heterocycles. The van der Waals surface area contributed by atoms with Crippen LogP contribution >= 0.6 is 11.3 Å². The van der Waals surface area contributed by atoms with E-state index in [0.717, 1.165) is 11.4 Å². The first-order chi connectivity index (χ1) is 8.58. The first-order valence-corrected chi connectivity index (χ1v) is 6.66. The van der Waals surface area contributed by atoms with E-state index in [4.69, 9.17) is 0 Å². The summed E-state index contributed by atoms with van der Waals surface area (Å²) >= 11 is 1.54. The molecule has 6 heteroatoms. The molecule has 0 aliphatic heterocycles. The van der Waals surface area contributed by atoms with Gasteiger partial charge >= 0.3 is 0 Å². The minimum Gasteiger partial charge on any atom is -0.353 e. The molecule has 5 nitrogen and oxygen atoms in total. The summed E-state index contributed by atoms with van der Waals surface area (Å²) < 4.78 is 0. The molecule has 0 spiro atoms. The Balaban J connectivity index is 2.12. The van der Waals surface area contributed by atoms with E-state index in [2.05, 4.69) is 10.6 Å². The molecule has 0 radical (unpaired) electrons. The van der Waals surface area contributed by atoms with Crippen LogP contribution in [0, 0.1) is 0 Å². The van der Waals surface area contributed by atoms with Crippen LogP contribution in [0.15, 0.2) is 17.5 Å². The van der Waals surface area contributed by atoms with Crippen molar-refractivity contribution in [2.45, 2.75) is 6.42 Å². The molecule has 1 aromatic heterocycles. The Kier molecular flexibility index (Phi) is 6.38. The van der Waals surface area contributed by atoms with Crippen molar-refractivity contribution in [2.75, 3.05) is 33.7 Å². The lowest BCUT2D eigenvalue weighted by molar-refractivity contribution is -0.125. The number of likely N-dealkylation sites (N-methyl/N-ethyl adjacent to an activating group) is 1. The lowest BCUT2D eigenvalue weighted by atomic mass is 10.3. The third kappa shape index (κ3) is 6.36. The van der Waals surface area contributed by atoms with Gasteiger partial charge in [-0.2, -0.15) is 0 Å². The van der Waals surface area contributed by atoms with Crippen LogP contribution in [-0.2, 0) is 16.0 Å². The molecular formula is C12H19N3O2S. The third-order valence-corrected chi connectivity index (χ3v) is 3.12. The zero-order chi connectivity index (χ0) is 13.4. The second kappa shape index (κ2) is 7.84. The summed E-state index contributed by atoms with van der Waals surface area (Å²) in [7, 11) is 3.88. The molecule has 0 atom stereocenters. The molecule has 100 valence electrons. The standard InChI is InChI=1S/C12H19N3O2S/c1-15(2)6-5-13-12(17)9-14-11(16)8-10-4-3-7-18-10/h3-4,7H,5-6,8-9H2,1-2H3,(H,13,17)(H,14,16). The average Bonchev–Trinajstić information content (AvgIpc) is 2.78. The number of amides is 2. The molecule has 0 fully saturated rings. The second-order valence-electron chi connectivity index (χ2n) is 4.19. The number of carbonyl (C=O) groups excluding carboxylic acids is 2. The first kappa shape index (κ1) is 14.7. The number of hydrogen-bond donors (Lipinski definition) is 2. The van der Waals surface area contributed by atoms with E-state index >= 15 is 0 Å². The lowest BCUT2D eigenvalue weighted by Crippen LogP contribution is -2.39. The van der Waals surface area contributed by atoms with Crippen molar-refractivity contribution in [3.8, 4) is 0 Å². The number of hydrogen-bond acceptors (Lipinski definition) is 4. The Morgan fingerprint density at radius 2 is 2.06 bits per heavy atom. The van der Waals surface area contributed by atoms with Gasteiger partial charge in [-0.1, -0.05) is 6.07 Å². The monoisotopic (exact) mass is 269 g/mol. The SMILES string of the molecule is CN(C)CCNC(=O)CNC(=O)Cc1cccs1. The first-order valence-electron chi connectivity index (χ1n) is 5.78. The maximum Gasteiger partial charge on any atom is 0.239 e. The van der Waals surface area contributed by atoms with E-state index in [1.807, 2.05) is 36.5 Å². The fourth-order valence-corrected chi connectivity index (χ4v) is 2.00. The van der Waals surface area contributed by atoms with Crippen molar-refractivity contribution in [3.05, 3.63) is 22.4 Å². The maximum atomic E-state index is 11.5. The summed E-state index contributed by atoms with van der Waals surface area (Å²) in [6.45, 7) is 1.42. The molecule has 2 N–H and O–H groups in total. The number of thiophene rings is 1. The van der Waals surface area contributed by atoms with Crippen molar-refractivity contribution < 1.29 is 9.59 Å². The van der Waals surface area contributed by atoms with E-state index in [-0.39, 0.29) is 18.4 Å². The molecule has 18 heavy (non-hydrogen) atoms. The summed E-state index contributed by atoms with van der Waals surface area (Å²) in [5.41, 5.74) is 0. The Morgan fingerprint density at radius 1 is 1.28 bits per heavy atom. The van der Waals surface area contributed by atoms with Gasteiger partial charge in [-0.15, -0.1) is 11.3 Å². The minimum atomic E-state index is -0.156. The molecule has 0 saturated carbocycles. The van der Waals surface area contributed by atoms with Gasteiger partial charge in [0, 0.05) is 18.0 Å². The number of rotatable bonds is 7. The van der Waals surface area contributed by atoms with Crippen LogP contribution in [0.5, 0.6) is 0 Å². The minimum absolute atomic E-state index is 0.0393. The van der Waals surface area contributed by atoms with Crippen LogP contribution in [0.2, 0.25) is 0 Å². The van der Waals surface area contributed by atoms with E-state index < -0.39 is 0 Å². The molecule has 0 aromatic carbocycles. The molecule has 0 aliphatic carbocycles. The van der Waals surface area contributed by atoms with Crippen molar-refractivity contribution in [1.82, 2.24) is 15.5 Å². The van der Waals surface area contributed by atoms with Crippen LogP contribution < -0.4 is 10.6 Å². The Hall–Kier alpha value is -1.40. The van der Waals surface area contributed by atoms with Gasteiger partial charge < -0.3 is 15.5 Å². The zero-order valence-electron chi connectivity index (χ0n) is 10.7. The van der Waals surface area contributed by atoms with E-state index in [1.165, 1.54) is 11.3 Å². The van der Waals surface area contributed by atoms with Crippen LogP contribution in [-0.4, -0.2) is 50.4 Å². The molecule has 2 amide bonds. The molecule has 0 bridgehead atoms. The third-order valence-electron chi connectivity index (χ3n) is 2.24. The summed E-state index contributed by atoms with van der Waals surface area (Å²) in [5, 5.41) is 7.26. The fourth-order valence-electron chi connectivity index (χ4n) is 1.29. The normalized spacial score (nSPS) is 10.4. The van der Waals surface area contributed by atoms with Gasteiger partial charge in [0.25, 0.3) is 0 Å². The van der Waals surface area contributed by atoms with Crippen molar-refractivity contribution >= 4 is 23.2 Å². The molecule has 1 aromatic rings. The number of nitrogens with one attached hydrogen (secondary N) is 2. The van der Waals surface area contributed by atoms with E-state index in [0.29, 0.717) is 13.0 Å². The van der Waals surface area contributed by atoms with Gasteiger partial charge in [0.15, 0.2) is 0 Å². The van der Waals surface area contributed by atoms with Crippen LogP contribution in [0.25, 0.3) is 0 Å². The highest BCUT2D eigenvalue weighted by Crippen LogP contribution is 2.08. The van der Waals surface area contributed by atoms with Crippen molar-refractivity contribution in [1.29, 1.82) is 0 Å². The largest absolute Gasteiger partial charge is 0.353 e. The highest BCUT2D eigenvalue weighted by molar-refractivity contribution is 7.10. The van der Waals surface area contributed by atoms with Gasteiger partial charge in [0.05, 0.1) is 13.0 Å². The quantitative estimate of drug-likeness (QED) is 0.737. The van der Waals surface area contributed by atoms with Crippen molar-refractivity contribution in [3.63, 3.8) is 0 Å². The van der Waals surface area contributed by atoms with Gasteiger partial charge in [-0.25, -0.2) is 0 Å². The lowest BCUT2D eigenvalue weighted by Gasteiger charge is -2.10. The smallest absolute Gasteiger partial charge is 0.239 e. The van der Waals surface area contributed by atoms with Gasteiger partial charge in [-0.05, 0) is 25.5 Å². The topological polar surface area (TPSA) is 61.4 Å². The zero-order valence-corrected chi connectivity index (χ0v) is 11.5. The molecule has 0 aliphatic rings. The number of nitrogens with zero attached hydrogens (tertiary/aromatic N) is 1. The summed E-state index contributed by atoms with van der Waals surface area (Å²) in [6, 6.07) is 3.81. The van der Waals surface area contributed by atoms with Crippen LogP contribution in [0.1, 0.15) is 4.88 Å². The predicted octanol–water partition coefficient (Wildman–Crippen LogP) is 0.0846. The molecule has 1 heterocycles. The van der Waals surface area contributed by atoms with Gasteiger partial charge in [0.2, 0.25) is 11.8 Å². The molecule has 1 rings (SSSR count). The van der Waals surface area contributed by atoms with Gasteiger partial charge in [-0.3, -0.25) is 9.59 Å². The fraction of sp³-hybridized carbons (Fsp3) is 0.500. The van der Waals surface area contributed by atoms with E-state index in [1.54, 1.807) is 0 Å². The summed E-state index contributed by atoms with van der Waals surface area (Å²) in [5.74, 6) is -0.281. The highest BCUT2D eigenvalue weighted by Gasteiger charge is 2.06. The van der Waals surface area contributed by atoms with Crippen LogP contribution in [0.4, 0.5) is 0 Å². The Labute approximate surface area is 111 Å². The van der Waals surface area contributed by atoms with E-state index in [9.17, 15) is 9.59 Å². The second-order valence-corrected chi connectivity index (χ2v) is 5.22. The Morgan fingerprint density at radius 3 is 2.67 bits per heavy atom. The maximum absolute atomic E-state index is 11.5. The van der Waals surface area contributed by atoms with Gasteiger partial charge in [0.1, 0.15) is 0 Å². The average molecular weight is 269 g/mol. The molecule has 0 unspecified atom stereocenters. The Bertz CT molecular complexity index is 377. The summed E-state index contributed by atoms with van der Waals surface area (Å²) in [6.07, 6.45) is 0.336. The highest BCUT2D eigenvalue weighted by atomic mass is 32.1. The number of carbonyl (C=O) groups is 2.